The van der Waals surface area contributed by atoms with Crippen LogP contribution in [-0.4, -0.2) is 62.8 Å². The predicted octanol–water partition coefficient (Wildman–Crippen LogP) is 5.59. The van der Waals surface area contributed by atoms with Gasteiger partial charge in [0.25, 0.3) is 5.91 Å². The standard InChI is InChI=1S/C32H42N6O3/c1-21-25-13-12-22-18-27(38(30(22)34-25)15-8-6-4-5-7-9-16-41-21)31-35-26-17-23(19-28(40-3)29(26)36(31)2)32(39)37-14-10-11-24(33)20-37/h12-13,17-19,21,24H,4-11,14-16,20,33H2,1-3H3/t21?,24-/m1/s1. The van der Waals surface area contributed by atoms with Gasteiger partial charge in [-0.15, -0.1) is 0 Å². The fourth-order valence-corrected chi connectivity index (χ4v) is 6.40. The van der Waals surface area contributed by atoms with Crippen LogP contribution in [0.25, 0.3) is 33.6 Å². The van der Waals surface area contributed by atoms with Crippen LogP contribution in [0.2, 0.25) is 0 Å². The van der Waals surface area contributed by atoms with Crippen LogP contribution in [0, 0.1) is 0 Å². The van der Waals surface area contributed by atoms with Crippen molar-refractivity contribution in [2.75, 3.05) is 26.8 Å². The van der Waals surface area contributed by atoms with E-state index in [1.54, 1.807) is 7.11 Å². The first-order valence-corrected chi connectivity index (χ1v) is 15.2. The van der Waals surface area contributed by atoms with Gasteiger partial charge in [0.05, 0.1) is 30.1 Å². The molecule has 2 aliphatic rings. The van der Waals surface area contributed by atoms with Crippen molar-refractivity contribution in [3.05, 3.63) is 41.6 Å². The number of benzene rings is 1. The number of aryl methyl sites for hydroxylation is 2. The highest BCUT2D eigenvalue weighted by atomic mass is 16.5. The Hall–Kier alpha value is -3.43. The molecule has 1 fully saturated rings. The van der Waals surface area contributed by atoms with Crippen molar-refractivity contribution < 1.29 is 14.3 Å². The maximum absolute atomic E-state index is 13.5. The third kappa shape index (κ3) is 5.45. The van der Waals surface area contributed by atoms with Gasteiger partial charge in [-0.3, -0.25) is 4.79 Å². The molecule has 2 aliphatic heterocycles. The minimum Gasteiger partial charge on any atom is -0.494 e. The number of hydrogen-bond donors (Lipinski definition) is 1. The van der Waals surface area contributed by atoms with E-state index in [9.17, 15) is 4.79 Å². The summed E-state index contributed by atoms with van der Waals surface area (Å²) in [6, 6.07) is 10.2. The van der Waals surface area contributed by atoms with E-state index >= 15 is 0 Å². The van der Waals surface area contributed by atoms with E-state index < -0.39 is 0 Å². The number of carbonyl (C=O) groups excluding carboxylic acids is 1. The van der Waals surface area contributed by atoms with Gasteiger partial charge < -0.3 is 29.2 Å². The second-order valence-corrected chi connectivity index (χ2v) is 11.7. The molecular formula is C32H42N6O3. The molecule has 41 heavy (non-hydrogen) atoms. The van der Waals surface area contributed by atoms with E-state index in [-0.39, 0.29) is 18.1 Å². The van der Waals surface area contributed by atoms with Crippen molar-refractivity contribution in [1.29, 1.82) is 0 Å². The number of nitrogens with two attached hydrogens (primary N) is 1. The number of ether oxygens (including phenoxy) is 2. The number of fused-ring (bicyclic) bond motifs is 2. The first kappa shape index (κ1) is 27.7. The highest BCUT2D eigenvalue weighted by Gasteiger charge is 2.26. The molecule has 9 heteroatoms. The maximum Gasteiger partial charge on any atom is 0.254 e. The molecule has 0 spiro atoms. The van der Waals surface area contributed by atoms with E-state index in [1.807, 2.05) is 24.1 Å². The van der Waals surface area contributed by atoms with Crippen LogP contribution >= 0.6 is 0 Å². The Morgan fingerprint density at radius 3 is 2.63 bits per heavy atom. The summed E-state index contributed by atoms with van der Waals surface area (Å²) in [6.07, 6.45) is 8.85. The zero-order valence-corrected chi connectivity index (χ0v) is 24.6. The summed E-state index contributed by atoms with van der Waals surface area (Å²) in [5.41, 5.74) is 11.3. The lowest BCUT2D eigenvalue weighted by molar-refractivity contribution is 0.0600. The third-order valence-corrected chi connectivity index (χ3v) is 8.70. The van der Waals surface area contributed by atoms with E-state index in [0.717, 1.165) is 84.7 Å². The monoisotopic (exact) mass is 558 g/mol. The van der Waals surface area contributed by atoms with Crippen molar-refractivity contribution in [2.24, 2.45) is 12.8 Å². The van der Waals surface area contributed by atoms with Crippen LogP contribution in [0.5, 0.6) is 5.75 Å². The van der Waals surface area contributed by atoms with Crippen molar-refractivity contribution in [3.63, 3.8) is 0 Å². The number of methoxy groups -OCH3 is 1. The summed E-state index contributed by atoms with van der Waals surface area (Å²) in [5, 5.41) is 1.08. The minimum atomic E-state index is -0.0560. The zero-order valence-electron chi connectivity index (χ0n) is 24.6. The molecule has 3 aromatic heterocycles. The molecule has 2 N–H and O–H groups in total. The van der Waals surface area contributed by atoms with Crippen molar-refractivity contribution in [1.82, 2.24) is 24.0 Å². The molecule has 2 bridgehead atoms. The van der Waals surface area contributed by atoms with Crippen LogP contribution in [0.3, 0.4) is 0 Å². The van der Waals surface area contributed by atoms with E-state index in [2.05, 4.69) is 34.3 Å². The smallest absolute Gasteiger partial charge is 0.254 e. The quantitative estimate of drug-likeness (QED) is 0.352. The summed E-state index contributed by atoms with van der Waals surface area (Å²) in [4.78, 5) is 25.5. The van der Waals surface area contributed by atoms with E-state index in [1.165, 1.54) is 25.7 Å². The summed E-state index contributed by atoms with van der Waals surface area (Å²) < 4.78 is 16.3. The molecule has 1 aromatic carbocycles. The summed E-state index contributed by atoms with van der Waals surface area (Å²) >= 11 is 0. The summed E-state index contributed by atoms with van der Waals surface area (Å²) in [7, 11) is 3.66. The van der Waals surface area contributed by atoms with E-state index in [4.69, 9.17) is 25.2 Å². The largest absolute Gasteiger partial charge is 0.494 e. The fourth-order valence-electron chi connectivity index (χ4n) is 6.40. The molecule has 1 saturated heterocycles. The Morgan fingerprint density at radius 2 is 1.83 bits per heavy atom. The number of imidazole rings is 1. The van der Waals surface area contributed by atoms with Crippen molar-refractivity contribution in [2.45, 2.75) is 77.0 Å². The molecule has 6 rings (SSSR count). The Morgan fingerprint density at radius 1 is 1.02 bits per heavy atom. The maximum atomic E-state index is 13.5. The summed E-state index contributed by atoms with van der Waals surface area (Å²) in [5.74, 6) is 1.44. The third-order valence-electron chi connectivity index (χ3n) is 8.70. The fraction of sp³-hybridized carbons (Fsp3) is 0.531. The molecular weight excluding hydrogens is 516 g/mol. The number of aromatic nitrogens is 4. The Kier molecular flexibility index (Phi) is 7.99. The van der Waals surface area contributed by atoms with Gasteiger partial charge in [-0.05, 0) is 62.9 Å². The number of likely N-dealkylation sites (tertiary alicyclic amines) is 1. The molecule has 2 atom stereocenters. The first-order valence-electron chi connectivity index (χ1n) is 15.2. The highest BCUT2D eigenvalue weighted by molar-refractivity contribution is 6.00. The Labute approximate surface area is 241 Å². The van der Waals surface area contributed by atoms with Crippen molar-refractivity contribution in [3.8, 4) is 17.3 Å². The second-order valence-electron chi connectivity index (χ2n) is 11.7. The molecule has 0 saturated carbocycles. The lowest BCUT2D eigenvalue weighted by Gasteiger charge is -2.30. The highest BCUT2D eigenvalue weighted by Crippen LogP contribution is 2.35. The molecule has 0 aliphatic carbocycles. The molecule has 0 radical (unpaired) electrons. The number of pyridine rings is 1. The van der Waals surface area contributed by atoms with Gasteiger partial charge in [-0.2, -0.15) is 0 Å². The van der Waals surface area contributed by atoms with Crippen molar-refractivity contribution >= 4 is 28.0 Å². The van der Waals surface area contributed by atoms with Crippen LogP contribution in [-0.2, 0) is 18.3 Å². The van der Waals surface area contributed by atoms with Gasteiger partial charge in [0.15, 0.2) is 5.82 Å². The molecule has 4 aromatic rings. The van der Waals surface area contributed by atoms with Gasteiger partial charge >= 0.3 is 0 Å². The average molecular weight is 559 g/mol. The first-order chi connectivity index (χ1) is 19.9. The number of piperidine rings is 1. The summed E-state index contributed by atoms with van der Waals surface area (Å²) in [6.45, 7) is 5.01. The van der Waals surface area contributed by atoms with Crippen LogP contribution in [0.15, 0.2) is 30.3 Å². The molecule has 1 unspecified atom stereocenters. The van der Waals surface area contributed by atoms with Gasteiger partial charge in [-0.25, -0.2) is 9.97 Å². The lowest BCUT2D eigenvalue weighted by Crippen LogP contribution is -2.45. The molecule has 9 nitrogen and oxygen atoms in total. The van der Waals surface area contributed by atoms with Crippen LogP contribution < -0.4 is 10.5 Å². The lowest BCUT2D eigenvalue weighted by atomic mass is 10.0. The molecule has 5 heterocycles. The number of hydrogen-bond acceptors (Lipinski definition) is 6. The molecule has 1 amide bonds. The predicted molar refractivity (Wildman–Crippen MR) is 161 cm³/mol. The molecule has 218 valence electrons. The SMILES string of the molecule is COc1cc(C(=O)N2CCC[C@@H](N)C2)cc2nc(-c3cc4ccc5nc4n3CCCCCCCCOC5C)n(C)c12. The average Bonchev–Trinajstić information content (AvgIpc) is 3.51. The van der Waals surface area contributed by atoms with Gasteiger partial charge in [0, 0.05) is 50.3 Å². The van der Waals surface area contributed by atoms with Gasteiger partial charge in [-0.1, -0.05) is 25.7 Å². The minimum absolute atomic E-state index is 0.0215. The normalized spacial score (nSPS) is 20.9. The van der Waals surface area contributed by atoms with Gasteiger partial charge in [0.2, 0.25) is 0 Å². The van der Waals surface area contributed by atoms with E-state index in [0.29, 0.717) is 17.9 Å². The topological polar surface area (TPSA) is 100 Å². The Bertz CT molecular complexity index is 1560. The van der Waals surface area contributed by atoms with Gasteiger partial charge in [0.1, 0.15) is 16.9 Å². The number of amides is 1. The Balaban J connectivity index is 1.44. The number of carbonyl (C=O) groups is 1. The van der Waals surface area contributed by atoms with Crippen LogP contribution in [0.4, 0.5) is 0 Å². The number of nitrogens with zero attached hydrogens (tertiary/aromatic N) is 5. The second kappa shape index (κ2) is 11.8. The zero-order chi connectivity index (χ0) is 28.5. The number of rotatable bonds is 3. The van der Waals surface area contributed by atoms with Crippen LogP contribution in [0.1, 0.15) is 80.4 Å².